The quantitative estimate of drug-likeness (QED) is 0.402. The lowest BCUT2D eigenvalue weighted by atomic mass is 9.72. The normalized spacial score (nSPS) is 19.8. The van der Waals surface area contributed by atoms with Crippen LogP contribution in [0.5, 0.6) is 0 Å². The molecule has 2 N–H and O–H groups in total. The predicted molar refractivity (Wildman–Crippen MR) is 116 cm³/mol. The summed E-state index contributed by atoms with van der Waals surface area (Å²) in [6.45, 7) is 6.85. The fourth-order valence-corrected chi connectivity index (χ4v) is 4.59. The standard InChI is InChI=1S/C23H25BrF6N2/c1-21(2,3)18-6-7-31-19-11-16(24)4-5-17(19)20(18)32-12-13-8-14(22(25,26)27)10-15(9-13)23(28,29)30/h4-5,8-11,18,20,31-32H,6-7,12H2,1-3H3. The van der Waals surface area contributed by atoms with Gasteiger partial charge in [-0.3, -0.25) is 0 Å². The molecule has 0 aliphatic carbocycles. The molecule has 2 aromatic rings. The van der Waals surface area contributed by atoms with Crippen molar-refractivity contribution in [3.63, 3.8) is 0 Å². The van der Waals surface area contributed by atoms with Gasteiger partial charge in [-0.1, -0.05) is 42.8 Å². The number of hydrogen-bond donors (Lipinski definition) is 2. The van der Waals surface area contributed by atoms with Crippen molar-refractivity contribution in [3.05, 3.63) is 63.1 Å². The van der Waals surface area contributed by atoms with E-state index in [1.807, 2.05) is 18.2 Å². The molecule has 0 bridgehead atoms. The van der Waals surface area contributed by atoms with Crippen molar-refractivity contribution in [2.45, 2.75) is 52.1 Å². The number of alkyl halides is 6. The summed E-state index contributed by atoms with van der Waals surface area (Å²) in [5.74, 6) is 0.102. The molecule has 0 amide bonds. The molecule has 32 heavy (non-hydrogen) atoms. The molecule has 1 aliphatic heterocycles. The van der Waals surface area contributed by atoms with Crippen LogP contribution in [0.4, 0.5) is 32.0 Å². The van der Waals surface area contributed by atoms with Crippen molar-refractivity contribution in [2.75, 3.05) is 11.9 Å². The van der Waals surface area contributed by atoms with E-state index >= 15 is 0 Å². The van der Waals surface area contributed by atoms with E-state index in [-0.39, 0.29) is 35.5 Å². The first-order chi connectivity index (χ1) is 14.7. The van der Waals surface area contributed by atoms with E-state index in [1.165, 1.54) is 0 Å². The Kier molecular flexibility index (Phi) is 6.92. The summed E-state index contributed by atoms with van der Waals surface area (Å²) in [6, 6.07) is 7.22. The summed E-state index contributed by atoms with van der Waals surface area (Å²) in [5.41, 5.74) is -0.974. The lowest BCUT2D eigenvalue weighted by molar-refractivity contribution is -0.143. The topological polar surface area (TPSA) is 24.1 Å². The number of hydrogen-bond acceptors (Lipinski definition) is 2. The van der Waals surface area contributed by atoms with Crippen LogP contribution in [0.2, 0.25) is 0 Å². The Bertz CT molecular complexity index is 930. The fourth-order valence-electron chi connectivity index (χ4n) is 4.23. The van der Waals surface area contributed by atoms with E-state index in [0.29, 0.717) is 6.54 Å². The van der Waals surface area contributed by atoms with E-state index in [2.05, 4.69) is 47.3 Å². The molecule has 3 rings (SSSR count). The molecule has 0 radical (unpaired) electrons. The van der Waals surface area contributed by atoms with Gasteiger partial charge in [-0.25, -0.2) is 0 Å². The maximum atomic E-state index is 13.2. The van der Waals surface area contributed by atoms with E-state index < -0.39 is 23.5 Å². The van der Waals surface area contributed by atoms with Gasteiger partial charge in [0.1, 0.15) is 0 Å². The third-order valence-electron chi connectivity index (χ3n) is 5.81. The van der Waals surface area contributed by atoms with E-state index in [0.717, 1.165) is 34.3 Å². The molecule has 1 aliphatic rings. The van der Waals surface area contributed by atoms with E-state index in [4.69, 9.17) is 0 Å². The zero-order valence-electron chi connectivity index (χ0n) is 17.9. The Morgan fingerprint density at radius 2 is 1.53 bits per heavy atom. The summed E-state index contributed by atoms with van der Waals surface area (Å²) >= 11 is 3.45. The number of halogens is 7. The first-order valence-electron chi connectivity index (χ1n) is 10.2. The molecule has 0 aromatic heterocycles. The largest absolute Gasteiger partial charge is 0.416 e. The zero-order valence-corrected chi connectivity index (χ0v) is 19.5. The second kappa shape index (κ2) is 8.89. The molecule has 176 valence electrons. The van der Waals surface area contributed by atoms with Crippen molar-refractivity contribution in [3.8, 4) is 0 Å². The van der Waals surface area contributed by atoms with Crippen LogP contribution in [-0.4, -0.2) is 6.54 Å². The fraction of sp³-hybridized carbons (Fsp3) is 0.478. The third-order valence-corrected chi connectivity index (χ3v) is 6.30. The smallest absolute Gasteiger partial charge is 0.385 e. The highest BCUT2D eigenvalue weighted by molar-refractivity contribution is 9.10. The second-order valence-electron chi connectivity index (χ2n) is 9.19. The number of fused-ring (bicyclic) bond motifs is 1. The van der Waals surface area contributed by atoms with Crippen LogP contribution >= 0.6 is 15.9 Å². The lowest BCUT2D eigenvalue weighted by Crippen LogP contribution is -2.35. The number of anilines is 1. The highest BCUT2D eigenvalue weighted by Gasteiger charge is 2.38. The molecule has 0 saturated carbocycles. The predicted octanol–water partition coefficient (Wildman–Crippen LogP) is 7.80. The minimum absolute atomic E-state index is 0.0596. The van der Waals surface area contributed by atoms with E-state index in [9.17, 15) is 26.3 Å². The Morgan fingerprint density at radius 3 is 2.06 bits per heavy atom. The van der Waals surface area contributed by atoms with Gasteiger partial charge in [0.2, 0.25) is 0 Å². The minimum Gasteiger partial charge on any atom is -0.385 e. The Morgan fingerprint density at radius 1 is 0.938 bits per heavy atom. The van der Waals surface area contributed by atoms with Gasteiger partial charge in [0.25, 0.3) is 0 Å². The molecular formula is C23H25BrF6N2. The first kappa shape index (κ1) is 24.9. The van der Waals surface area contributed by atoms with Gasteiger partial charge < -0.3 is 10.6 Å². The Labute approximate surface area is 191 Å². The van der Waals surface area contributed by atoms with Crippen LogP contribution in [0.1, 0.15) is 55.5 Å². The number of nitrogens with one attached hydrogen (secondary N) is 2. The monoisotopic (exact) mass is 522 g/mol. The molecule has 9 heteroatoms. The van der Waals surface area contributed by atoms with Crippen molar-refractivity contribution >= 4 is 21.6 Å². The first-order valence-corrected chi connectivity index (χ1v) is 11.0. The van der Waals surface area contributed by atoms with Crippen LogP contribution in [0, 0.1) is 11.3 Å². The van der Waals surface area contributed by atoms with Crippen molar-refractivity contribution < 1.29 is 26.3 Å². The summed E-state index contributed by atoms with van der Waals surface area (Å²) in [7, 11) is 0. The van der Waals surface area contributed by atoms with Gasteiger partial charge in [0.15, 0.2) is 0 Å². The maximum absolute atomic E-state index is 13.2. The van der Waals surface area contributed by atoms with E-state index in [1.54, 1.807) is 0 Å². The molecule has 2 unspecified atom stereocenters. The van der Waals surface area contributed by atoms with Gasteiger partial charge in [-0.2, -0.15) is 26.3 Å². The van der Waals surface area contributed by atoms with Gasteiger partial charge in [0, 0.05) is 29.3 Å². The Hall–Kier alpha value is -1.74. The maximum Gasteiger partial charge on any atom is 0.416 e. The number of rotatable bonds is 3. The van der Waals surface area contributed by atoms with Gasteiger partial charge in [0.05, 0.1) is 11.1 Å². The molecule has 2 atom stereocenters. The highest BCUT2D eigenvalue weighted by atomic mass is 79.9. The van der Waals surface area contributed by atoms with Crippen molar-refractivity contribution in [1.29, 1.82) is 0 Å². The molecule has 1 heterocycles. The van der Waals surface area contributed by atoms with Crippen LogP contribution in [0.3, 0.4) is 0 Å². The highest BCUT2D eigenvalue weighted by Crippen LogP contribution is 2.44. The van der Waals surface area contributed by atoms with Crippen molar-refractivity contribution in [2.24, 2.45) is 11.3 Å². The lowest BCUT2D eigenvalue weighted by Gasteiger charge is -2.37. The summed E-state index contributed by atoms with van der Waals surface area (Å²) < 4.78 is 80.3. The van der Waals surface area contributed by atoms with Crippen LogP contribution in [0.25, 0.3) is 0 Å². The molecule has 2 aromatic carbocycles. The van der Waals surface area contributed by atoms with Gasteiger partial charge >= 0.3 is 12.4 Å². The molecule has 0 spiro atoms. The molecule has 0 saturated heterocycles. The summed E-state index contributed by atoms with van der Waals surface area (Å²) in [6.07, 6.45) is -8.94. The zero-order chi connectivity index (χ0) is 23.9. The van der Waals surface area contributed by atoms with Crippen LogP contribution < -0.4 is 10.6 Å². The van der Waals surface area contributed by atoms with Crippen LogP contribution in [-0.2, 0) is 18.9 Å². The molecular weight excluding hydrogens is 498 g/mol. The van der Waals surface area contributed by atoms with Gasteiger partial charge in [-0.15, -0.1) is 0 Å². The second-order valence-corrected chi connectivity index (χ2v) is 10.1. The number of benzene rings is 2. The average molecular weight is 523 g/mol. The summed E-state index contributed by atoms with van der Waals surface area (Å²) in [4.78, 5) is 0. The minimum atomic E-state index is -4.87. The summed E-state index contributed by atoms with van der Waals surface area (Å²) in [5, 5.41) is 6.66. The third kappa shape index (κ3) is 5.78. The SMILES string of the molecule is CC(C)(C)C1CCNc2cc(Br)ccc2C1NCc1cc(C(F)(F)F)cc(C(F)(F)F)c1. The average Bonchev–Trinajstić information content (AvgIpc) is 2.83. The van der Waals surface area contributed by atoms with Crippen LogP contribution in [0.15, 0.2) is 40.9 Å². The Balaban J connectivity index is 1.99. The molecule has 2 nitrogen and oxygen atoms in total. The van der Waals surface area contributed by atoms with Gasteiger partial charge in [-0.05, 0) is 59.2 Å². The molecule has 0 fully saturated rings. The van der Waals surface area contributed by atoms with Crippen molar-refractivity contribution in [1.82, 2.24) is 5.32 Å².